The van der Waals surface area contributed by atoms with E-state index in [-0.39, 0.29) is 5.75 Å². The minimum Gasteiger partial charge on any atom is -0.507 e. The van der Waals surface area contributed by atoms with E-state index in [0.29, 0.717) is 15.6 Å². The smallest absolute Gasteiger partial charge is 0.125 e. The van der Waals surface area contributed by atoms with Crippen molar-refractivity contribution in [1.29, 1.82) is 0 Å². The van der Waals surface area contributed by atoms with Crippen LogP contribution in [0.25, 0.3) is 11.1 Å². The van der Waals surface area contributed by atoms with Crippen LogP contribution in [0.2, 0.25) is 4.34 Å². The van der Waals surface area contributed by atoms with E-state index in [4.69, 9.17) is 17.3 Å². The molecule has 4 heteroatoms. The summed E-state index contributed by atoms with van der Waals surface area (Å²) in [7, 11) is 0. The monoisotopic (exact) mass is 225 g/mol. The SMILES string of the molecule is Nc1cccc(O)c1-c1ccsc1Cl. The van der Waals surface area contributed by atoms with Gasteiger partial charge in [0.15, 0.2) is 0 Å². The average Bonchev–Trinajstić information content (AvgIpc) is 2.52. The summed E-state index contributed by atoms with van der Waals surface area (Å²) in [5.41, 5.74) is 7.69. The van der Waals surface area contributed by atoms with Crippen molar-refractivity contribution in [2.24, 2.45) is 0 Å². The molecule has 0 aliphatic heterocycles. The highest BCUT2D eigenvalue weighted by Gasteiger charge is 2.11. The molecule has 0 saturated heterocycles. The molecular weight excluding hydrogens is 218 g/mol. The van der Waals surface area contributed by atoms with Gasteiger partial charge in [-0.05, 0) is 23.6 Å². The molecule has 2 nitrogen and oxygen atoms in total. The molecule has 0 saturated carbocycles. The standard InChI is InChI=1S/C10H8ClNOS/c11-10-6(4-5-14-10)9-7(12)2-1-3-8(9)13/h1-5,13H,12H2. The van der Waals surface area contributed by atoms with Gasteiger partial charge < -0.3 is 10.8 Å². The van der Waals surface area contributed by atoms with Gasteiger partial charge in [-0.25, -0.2) is 0 Å². The number of hydrogen-bond acceptors (Lipinski definition) is 3. The molecule has 0 atom stereocenters. The van der Waals surface area contributed by atoms with Crippen LogP contribution < -0.4 is 5.73 Å². The first kappa shape index (κ1) is 9.37. The number of phenols is 1. The first-order valence-corrected chi connectivity index (χ1v) is 5.26. The molecule has 3 N–H and O–H groups in total. The van der Waals surface area contributed by atoms with Gasteiger partial charge in [0.2, 0.25) is 0 Å². The third kappa shape index (κ3) is 1.45. The normalized spacial score (nSPS) is 10.4. The third-order valence-corrected chi connectivity index (χ3v) is 3.13. The van der Waals surface area contributed by atoms with Crippen molar-refractivity contribution in [1.82, 2.24) is 0 Å². The number of phenolic OH excluding ortho intramolecular Hbond substituents is 1. The van der Waals surface area contributed by atoms with Crippen molar-refractivity contribution in [2.45, 2.75) is 0 Å². The fourth-order valence-electron chi connectivity index (χ4n) is 1.32. The van der Waals surface area contributed by atoms with Crippen molar-refractivity contribution < 1.29 is 5.11 Å². The largest absolute Gasteiger partial charge is 0.507 e. The van der Waals surface area contributed by atoms with E-state index < -0.39 is 0 Å². The number of halogens is 1. The van der Waals surface area contributed by atoms with Crippen LogP contribution in [-0.4, -0.2) is 5.11 Å². The molecule has 0 bridgehead atoms. The Morgan fingerprint density at radius 3 is 2.64 bits per heavy atom. The van der Waals surface area contributed by atoms with Gasteiger partial charge in [-0.3, -0.25) is 0 Å². The summed E-state index contributed by atoms with van der Waals surface area (Å²) in [5, 5.41) is 11.5. The summed E-state index contributed by atoms with van der Waals surface area (Å²) in [6.07, 6.45) is 0. The van der Waals surface area contributed by atoms with E-state index in [1.165, 1.54) is 11.3 Å². The van der Waals surface area contributed by atoms with Crippen LogP contribution in [0.1, 0.15) is 0 Å². The van der Waals surface area contributed by atoms with Crippen LogP contribution in [-0.2, 0) is 0 Å². The summed E-state index contributed by atoms with van der Waals surface area (Å²) < 4.78 is 0.637. The van der Waals surface area contributed by atoms with E-state index in [2.05, 4.69) is 0 Å². The topological polar surface area (TPSA) is 46.2 Å². The van der Waals surface area contributed by atoms with Crippen LogP contribution in [0, 0.1) is 0 Å². The first-order valence-electron chi connectivity index (χ1n) is 4.01. The Balaban J connectivity index is 2.68. The zero-order valence-electron chi connectivity index (χ0n) is 7.20. The Bertz CT molecular complexity index is 447. The molecule has 2 rings (SSSR count). The molecule has 0 aliphatic rings. The van der Waals surface area contributed by atoms with Crippen LogP contribution in [0.3, 0.4) is 0 Å². The van der Waals surface area contributed by atoms with Gasteiger partial charge in [0, 0.05) is 16.8 Å². The second-order valence-corrected chi connectivity index (χ2v) is 4.37. The Kier molecular flexibility index (Phi) is 2.35. The third-order valence-electron chi connectivity index (χ3n) is 1.96. The van der Waals surface area contributed by atoms with Gasteiger partial charge in [-0.2, -0.15) is 0 Å². The maximum Gasteiger partial charge on any atom is 0.125 e. The number of thiophene rings is 1. The maximum atomic E-state index is 9.65. The average molecular weight is 226 g/mol. The predicted octanol–water partition coefficient (Wildman–Crippen LogP) is 3.36. The van der Waals surface area contributed by atoms with Gasteiger partial charge in [-0.15, -0.1) is 11.3 Å². The molecule has 0 aliphatic carbocycles. The van der Waals surface area contributed by atoms with Crippen LogP contribution >= 0.6 is 22.9 Å². The lowest BCUT2D eigenvalue weighted by atomic mass is 10.1. The zero-order valence-corrected chi connectivity index (χ0v) is 8.77. The molecule has 1 heterocycles. The highest BCUT2D eigenvalue weighted by molar-refractivity contribution is 7.15. The van der Waals surface area contributed by atoms with E-state index in [1.54, 1.807) is 18.2 Å². The van der Waals surface area contributed by atoms with Crippen LogP contribution in [0.5, 0.6) is 5.75 Å². The summed E-state index contributed by atoms with van der Waals surface area (Å²) >= 11 is 7.39. The van der Waals surface area contributed by atoms with E-state index in [9.17, 15) is 5.11 Å². The second kappa shape index (κ2) is 3.52. The Morgan fingerprint density at radius 2 is 2.07 bits per heavy atom. The summed E-state index contributed by atoms with van der Waals surface area (Å²) in [5.74, 6) is 0.158. The highest BCUT2D eigenvalue weighted by atomic mass is 35.5. The number of nitrogens with two attached hydrogens (primary N) is 1. The minimum absolute atomic E-state index is 0.158. The Labute approximate surface area is 90.6 Å². The second-order valence-electron chi connectivity index (χ2n) is 2.85. The van der Waals surface area contributed by atoms with E-state index in [1.807, 2.05) is 11.4 Å². The molecule has 14 heavy (non-hydrogen) atoms. The number of rotatable bonds is 1. The van der Waals surface area contributed by atoms with Crippen molar-refractivity contribution >= 4 is 28.6 Å². The molecule has 1 aromatic heterocycles. The van der Waals surface area contributed by atoms with Crippen LogP contribution in [0.15, 0.2) is 29.6 Å². The van der Waals surface area contributed by atoms with E-state index >= 15 is 0 Å². The van der Waals surface area contributed by atoms with Crippen molar-refractivity contribution in [3.05, 3.63) is 34.0 Å². The fraction of sp³-hybridized carbons (Fsp3) is 0. The number of hydrogen-bond donors (Lipinski definition) is 2. The van der Waals surface area contributed by atoms with Gasteiger partial charge in [-0.1, -0.05) is 17.7 Å². The predicted molar refractivity (Wildman–Crippen MR) is 60.8 cm³/mol. The molecular formula is C10H8ClNOS. The summed E-state index contributed by atoms with van der Waals surface area (Å²) in [6.45, 7) is 0. The molecule has 2 aromatic rings. The minimum atomic E-state index is 0.158. The molecule has 1 aromatic carbocycles. The number of anilines is 1. The van der Waals surface area contributed by atoms with Crippen molar-refractivity contribution in [2.75, 3.05) is 5.73 Å². The molecule has 0 unspecified atom stereocenters. The summed E-state index contributed by atoms with van der Waals surface area (Å²) in [4.78, 5) is 0. The number of aromatic hydroxyl groups is 1. The van der Waals surface area contributed by atoms with Crippen LogP contribution in [0.4, 0.5) is 5.69 Å². The molecule has 0 spiro atoms. The molecule has 0 fully saturated rings. The number of nitrogen functional groups attached to an aromatic ring is 1. The van der Waals surface area contributed by atoms with Gasteiger partial charge in [0.25, 0.3) is 0 Å². The fourth-order valence-corrected chi connectivity index (χ4v) is 2.26. The van der Waals surface area contributed by atoms with Crippen molar-refractivity contribution in [3.63, 3.8) is 0 Å². The summed E-state index contributed by atoms with van der Waals surface area (Å²) in [6, 6.07) is 6.88. The maximum absolute atomic E-state index is 9.65. The quantitative estimate of drug-likeness (QED) is 0.731. The molecule has 72 valence electrons. The zero-order chi connectivity index (χ0) is 10.1. The van der Waals surface area contributed by atoms with Crippen molar-refractivity contribution in [3.8, 4) is 16.9 Å². The molecule has 0 radical (unpaired) electrons. The van der Waals surface area contributed by atoms with E-state index in [0.717, 1.165) is 5.56 Å². The Hall–Kier alpha value is -1.19. The van der Waals surface area contributed by atoms with Gasteiger partial charge >= 0.3 is 0 Å². The lowest BCUT2D eigenvalue weighted by molar-refractivity contribution is 0.477. The lowest BCUT2D eigenvalue weighted by Gasteiger charge is -2.06. The lowest BCUT2D eigenvalue weighted by Crippen LogP contribution is -1.89. The number of benzene rings is 1. The first-order chi connectivity index (χ1) is 6.70. The molecule has 0 amide bonds. The Morgan fingerprint density at radius 1 is 1.29 bits per heavy atom. The van der Waals surface area contributed by atoms with Gasteiger partial charge in [0.1, 0.15) is 10.1 Å². The highest BCUT2D eigenvalue weighted by Crippen LogP contribution is 2.40. The van der Waals surface area contributed by atoms with Gasteiger partial charge in [0.05, 0.1) is 0 Å².